The molecule has 3 rings (SSSR count). The van der Waals surface area contributed by atoms with Crippen molar-refractivity contribution in [3.63, 3.8) is 0 Å². The maximum absolute atomic E-state index is 12.5. The van der Waals surface area contributed by atoms with Crippen LogP contribution in [0.3, 0.4) is 0 Å². The summed E-state index contributed by atoms with van der Waals surface area (Å²) in [6.45, 7) is 2.63. The van der Waals surface area contributed by atoms with Crippen molar-refractivity contribution in [3.8, 4) is 0 Å². The Balaban J connectivity index is 1.54. The van der Waals surface area contributed by atoms with Gasteiger partial charge in [0.2, 0.25) is 0 Å². The van der Waals surface area contributed by atoms with E-state index in [1.807, 2.05) is 0 Å². The monoisotopic (exact) mass is 367 g/mol. The summed E-state index contributed by atoms with van der Waals surface area (Å²) in [5, 5.41) is 0. The molecule has 25 heavy (non-hydrogen) atoms. The molecular formula is C16H21N3O5S. The molecule has 2 unspecified atom stereocenters. The van der Waals surface area contributed by atoms with Crippen molar-refractivity contribution in [3.05, 3.63) is 29.8 Å². The van der Waals surface area contributed by atoms with Crippen LogP contribution in [0.4, 0.5) is 5.69 Å². The molecule has 0 bridgehead atoms. The summed E-state index contributed by atoms with van der Waals surface area (Å²) >= 11 is -2.14. The molecule has 2 heterocycles. The number of hydrogen-bond donors (Lipinski definition) is 2. The van der Waals surface area contributed by atoms with Gasteiger partial charge < -0.3 is 14.5 Å². The highest BCUT2D eigenvalue weighted by molar-refractivity contribution is 7.80. The second-order valence-corrected chi connectivity index (χ2v) is 6.75. The molecule has 1 aromatic carbocycles. The number of nitrogens with one attached hydrogen (secondary N) is 1. The molecule has 2 atom stereocenters. The van der Waals surface area contributed by atoms with Crippen LogP contribution in [0, 0.1) is 0 Å². The molecule has 2 N–H and O–H groups in total. The Bertz CT molecular complexity index is 652. The lowest BCUT2D eigenvalue weighted by atomic mass is 10.1. The molecule has 2 saturated heterocycles. The zero-order valence-electron chi connectivity index (χ0n) is 13.7. The van der Waals surface area contributed by atoms with Crippen LogP contribution in [0.15, 0.2) is 24.3 Å². The van der Waals surface area contributed by atoms with E-state index in [1.54, 1.807) is 34.1 Å². The number of hydrogen-bond acceptors (Lipinski definition) is 4. The minimum atomic E-state index is -2.14. The standard InChI is InChI=1S/C16H21N3O5S/c20-15(12-3-5-13(6-4-12)17-25(22)23)18-7-9-19(10-8-18)16(21)14-2-1-11-24-14/h3-6,14,17H,1-2,7-11H2,(H,22,23). The van der Waals surface area contributed by atoms with E-state index in [9.17, 15) is 13.8 Å². The Morgan fingerprint density at radius 3 is 2.32 bits per heavy atom. The second kappa shape index (κ2) is 7.94. The van der Waals surface area contributed by atoms with Crippen LogP contribution in [0.2, 0.25) is 0 Å². The molecule has 2 amide bonds. The van der Waals surface area contributed by atoms with E-state index in [2.05, 4.69) is 4.72 Å². The van der Waals surface area contributed by atoms with Crippen LogP contribution in [0.1, 0.15) is 23.2 Å². The first kappa shape index (κ1) is 17.8. The fraction of sp³-hybridized carbons (Fsp3) is 0.500. The van der Waals surface area contributed by atoms with Crippen LogP contribution in [-0.4, -0.2) is 69.3 Å². The van der Waals surface area contributed by atoms with E-state index in [0.29, 0.717) is 44.0 Å². The Hall–Kier alpha value is -1.97. The zero-order chi connectivity index (χ0) is 17.8. The van der Waals surface area contributed by atoms with Crippen molar-refractivity contribution < 1.29 is 23.1 Å². The van der Waals surface area contributed by atoms with E-state index >= 15 is 0 Å². The average Bonchev–Trinajstić information content (AvgIpc) is 3.15. The van der Waals surface area contributed by atoms with Gasteiger partial charge in [-0.1, -0.05) is 0 Å². The van der Waals surface area contributed by atoms with Crippen LogP contribution in [0.25, 0.3) is 0 Å². The first-order chi connectivity index (χ1) is 12.0. The summed E-state index contributed by atoms with van der Waals surface area (Å²) in [6.07, 6.45) is 1.37. The SMILES string of the molecule is O=C(c1ccc(NS(=O)O)cc1)N1CCN(C(=O)C2CCCO2)CC1. The zero-order valence-corrected chi connectivity index (χ0v) is 14.5. The number of rotatable bonds is 4. The smallest absolute Gasteiger partial charge is 0.259 e. The molecule has 0 spiro atoms. The van der Waals surface area contributed by atoms with Gasteiger partial charge in [0.05, 0.1) is 0 Å². The van der Waals surface area contributed by atoms with Crippen molar-refractivity contribution in [2.75, 3.05) is 37.5 Å². The van der Waals surface area contributed by atoms with Gasteiger partial charge in [-0.15, -0.1) is 0 Å². The van der Waals surface area contributed by atoms with Gasteiger partial charge >= 0.3 is 0 Å². The fourth-order valence-corrected chi connectivity index (χ4v) is 3.41. The average molecular weight is 367 g/mol. The quantitative estimate of drug-likeness (QED) is 0.763. The summed E-state index contributed by atoms with van der Waals surface area (Å²) in [5.74, 6) is -0.0853. The molecular weight excluding hydrogens is 346 g/mol. The van der Waals surface area contributed by atoms with Gasteiger partial charge in [-0.2, -0.15) is 0 Å². The lowest BCUT2D eigenvalue weighted by molar-refractivity contribution is -0.142. The molecule has 0 aromatic heterocycles. The lowest BCUT2D eigenvalue weighted by Gasteiger charge is -2.35. The molecule has 2 aliphatic heterocycles. The molecule has 136 valence electrons. The molecule has 0 radical (unpaired) electrons. The molecule has 2 aliphatic rings. The third kappa shape index (κ3) is 4.36. The number of carbonyl (C=O) groups is 2. The number of carbonyl (C=O) groups excluding carboxylic acids is 2. The maximum Gasteiger partial charge on any atom is 0.259 e. The van der Waals surface area contributed by atoms with E-state index in [0.717, 1.165) is 12.8 Å². The van der Waals surface area contributed by atoms with Gasteiger partial charge in [-0.05, 0) is 37.1 Å². The van der Waals surface area contributed by atoms with E-state index < -0.39 is 11.3 Å². The largest absolute Gasteiger partial charge is 0.368 e. The van der Waals surface area contributed by atoms with Crippen LogP contribution in [0.5, 0.6) is 0 Å². The molecule has 9 heteroatoms. The first-order valence-electron chi connectivity index (χ1n) is 8.22. The molecule has 2 fully saturated rings. The Morgan fingerprint density at radius 2 is 1.76 bits per heavy atom. The van der Waals surface area contributed by atoms with Crippen LogP contribution < -0.4 is 4.72 Å². The van der Waals surface area contributed by atoms with Gasteiger partial charge in [0.25, 0.3) is 23.1 Å². The Kier molecular flexibility index (Phi) is 5.67. The van der Waals surface area contributed by atoms with Gasteiger partial charge in [-0.3, -0.25) is 18.9 Å². The maximum atomic E-state index is 12.5. The number of amides is 2. The lowest BCUT2D eigenvalue weighted by Crippen LogP contribution is -2.52. The Morgan fingerprint density at radius 1 is 1.12 bits per heavy atom. The van der Waals surface area contributed by atoms with Crippen molar-refractivity contribution in [2.24, 2.45) is 0 Å². The number of nitrogens with zero attached hydrogens (tertiary/aromatic N) is 2. The minimum Gasteiger partial charge on any atom is -0.368 e. The second-order valence-electron chi connectivity index (χ2n) is 6.05. The van der Waals surface area contributed by atoms with Gasteiger partial charge in [0.1, 0.15) is 6.10 Å². The fourth-order valence-electron chi connectivity index (χ4n) is 3.07. The summed E-state index contributed by atoms with van der Waals surface area (Å²) < 4.78 is 27.3. The molecule has 0 saturated carbocycles. The highest BCUT2D eigenvalue weighted by Crippen LogP contribution is 2.17. The van der Waals surface area contributed by atoms with Crippen LogP contribution >= 0.6 is 0 Å². The van der Waals surface area contributed by atoms with Crippen molar-refractivity contribution in [2.45, 2.75) is 18.9 Å². The topological polar surface area (TPSA) is 99.2 Å². The molecule has 8 nitrogen and oxygen atoms in total. The van der Waals surface area contributed by atoms with Crippen molar-refractivity contribution in [1.29, 1.82) is 0 Å². The third-order valence-electron chi connectivity index (χ3n) is 4.42. The third-order valence-corrected chi connectivity index (χ3v) is 4.83. The predicted octanol–water partition coefficient (Wildman–Crippen LogP) is 0.699. The number of anilines is 1. The number of piperazine rings is 1. The van der Waals surface area contributed by atoms with Gasteiger partial charge in [0, 0.05) is 44.0 Å². The minimum absolute atomic E-state index is 0.0250. The predicted molar refractivity (Wildman–Crippen MR) is 92.3 cm³/mol. The normalized spacial score (nSPS) is 21.9. The first-order valence-corrected chi connectivity index (χ1v) is 9.32. The number of benzene rings is 1. The number of ether oxygens (including phenoxy) is 1. The summed E-state index contributed by atoms with van der Waals surface area (Å²) in [5.41, 5.74) is 0.970. The summed E-state index contributed by atoms with van der Waals surface area (Å²) in [7, 11) is 0. The highest BCUT2D eigenvalue weighted by atomic mass is 32.2. The van der Waals surface area contributed by atoms with Gasteiger partial charge in [-0.25, -0.2) is 4.21 Å². The molecule has 1 aromatic rings. The van der Waals surface area contributed by atoms with Crippen LogP contribution in [-0.2, 0) is 20.8 Å². The van der Waals surface area contributed by atoms with E-state index in [4.69, 9.17) is 9.29 Å². The van der Waals surface area contributed by atoms with Crippen molar-refractivity contribution >= 4 is 28.8 Å². The van der Waals surface area contributed by atoms with Crippen molar-refractivity contribution in [1.82, 2.24) is 9.80 Å². The summed E-state index contributed by atoms with van der Waals surface area (Å²) in [4.78, 5) is 28.3. The summed E-state index contributed by atoms with van der Waals surface area (Å²) in [6, 6.07) is 6.39. The highest BCUT2D eigenvalue weighted by Gasteiger charge is 2.31. The molecule has 0 aliphatic carbocycles. The van der Waals surface area contributed by atoms with E-state index in [1.165, 1.54) is 0 Å². The Labute approximate surface area is 148 Å². The van der Waals surface area contributed by atoms with Gasteiger partial charge in [0.15, 0.2) is 0 Å². The van der Waals surface area contributed by atoms with E-state index in [-0.39, 0.29) is 17.9 Å².